The van der Waals surface area contributed by atoms with Crippen molar-refractivity contribution in [3.8, 4) is 0 Å². The smallest absolute Gasteiger partial charge is 0.332 e. The average molecular weight is 187 g/mol. The quantitative estimate of drug-likeness (QED) is 0.581. The highest BCUT2D eigenvalue weighted by molar-refractivity contribution is 5.71. The van der Waals surface area contributed by atoms with Crippen molar-refractivity contribution in [3.63, 3.8) is 0 Å². The molecule has 1 aliphatic rings. The average Bonchev–Trinajstić information content (AvgIpc) is 2.56. The van der Waals surface area contributed by atoms with Crippen LogP contribution in [0.5, 0.6) is 0 Å². The summed E-state index contributed by atoms with van der Waals surface area (Å²) in [4.78, 5) is 10.2. The number of nitrogens with one attached hydrogen (secondary N) is 1. The molecule has 0 spiro atoms. The summed E-state index contributed by atoms with van der Waals surface area (Å²) in [7, 11) is 0. The van der Waals surface area contributed by atoms with Crippen LogP contribution in [0.25, 0.3) is 0 Å². The first-order valence-corrected chi connectivity index (χ1v) is 4.84. The number of carboxylic acid groups (broad SMARTS) is 1. The number of rotatable bonds is 5. The molecule has 0 aromatic carbocycles. The molecule has 0 heterocycles. The normalized spacial score (nSPS) is 20.4. The molecule has 1 unspecified atom stereocenters. The van der Waals surface area contributed by atoms with Gasteiger partial charge in [-0.25, -0.2) is 4.79 Å². The van der Waals surface area contributed by atoms with Crippen LogP contribution in [0, 0.1) is 0 Å². The van der Waals surface area contributed by atoms with Crippen LogP contribution in [0.4, 0.5) is 0 Å². The van der Waals surface area contributed by atoms with E-state index in [4.69, 9.17) is 10.2 Å². The van der Waals surface area contributed by atoms with Gasteiger partial charge in [0.15, 0.2) is 6.10 Å². The molecule has 3 N–H and O–H groups in total. The van der Waals surface area contributed by atoms with Crippen LogP contribution >= 0.6 is 0 Å². The molecule has 1 saturated carbocycles. The second-order valence-electron chi connectivity index (χ2n) is 3.58. The lowest BCUT2D eigenvalue weighted by Crippen LogP contribution is -2.31. The third kappa shape index (κ3) is 3.74. The molecule has 4 nitrogen and oxygen atoms in total. The largest absolute Gasteiger partial charge is 0.479 e. The van der Waals surface area contributed by atoms with Crippen molar-refractivity contribution in [1.82, 2.24) is 5.32 Å². The first-order chi connectivity index (χ1) is 6.20. The van der Waals surface area contributed by atoms with E-state index in [-0.39, 0.29) is 0 Å². The van der Waals surface area contributed by atoms with Crippen LogP contribution in [0.3, 0.4) is 0 Å². The van der Waals surface area contributed by atoms with Gasteiger partial charge >= 0.3 is 5.97 Å². The van der Waals surface area contributed by atoms with E-state index in [0.29, 0.717) is 19.0 Å². The summed E-state index contributed by atoms with van der Waals surface area (Å²) < 4.78 is 0. The lowest BCUT2D eigenvalue weighted by Gasteiger charge is -2.12. The number of carbonyl (C=O) groups is 1. The topological polar surface area (TPSA) is 69.6 Å². The Balaban J connectivity index is 2.02. The minimum absolute atomic E-state index is 0.297. The Labute approximate surface area is 78.0 Å². The molecule has 0 radical (unpaired) electrons. The van der Waals surface area contributed by atoms with Crippen LogP contribution in [-0.4, -0.2) is 34.9 Å². The predicted octanol–water partition coefficient (Wildman–Crippen LogP) is 0.354. The van der Waals surface area contributed by atoms with Gasteiger partial charge in [0.2, 0.25) is 0 Å². The van der Waals surface area contributed by atoms with Crippen LogP contribution in [-0.2, 0) is 4.79 Å². The molecule has 1 rings (SSSR count). The van der Waals surface area contributed by atoms with E-state index in [1.165, 1.54) is 25.7 Å². The zero-order valence-corrected chi connectivity index (χ0v) is 7.70. The van der Waals surface area contributed by atoms with E-state index in [1.807, 2.05) is 0 Å². The van der Waals surface area contributed by atoms with Gasteiger partial charge in [0.25, 0.3) is 0 Å². The lowest BCUT2D eigenvalue weighted by molar-refractivity contribution is -0.146. The molecule has 1 atom stereocenters. The number of aliphatic carboxylic acids is 1. The van der Waals surface area contributed by atoms with Crippen molar-refractivity contribution in [1.29, 1.82) is 0 Å². The van der Waals surface area contributed by atoms with Crippen molar-refractivity contribution >= 4 is 5.97 Å². The maximum atomic E-state index is 10.2. The van der Waals surface area contributed by atoms with E-state index in [9.17, 15) is 4.79 Å². The van der Waals surface area contributed by atoms with Gasteiger partial charge in [0.1, 0.15) is 0 Å². The molecule has 1 aliphatic carbocycles. The van der Waals surface area contributed by atoms with E-state index in [2.05, 4.69) is 5.32 Å². The summed E-state index contributed by atoms with van der Waals surface area (Å²) in [5.74, 6) is -1.13. The number of hydrogen-bond donors (Lipinski definition) is 3. The van der Waals surface area contributed by atoms with Crippen molar-refractivity contribution in [3.05, 3.63) is 0 Å². The molecule has 0 saturated heterocycles. The molecular weight excluding hydrogens is 170 g/mol. The Bertz CT molecular complexity index is 166. The number of carboxylic acids is 1. The molecule has 0 bridgehead atoms. The summed E-state index contributed by atoms with van der Waals surface area (Å²) in [5, 5.41) is 20.6. The summed E-state index contributed by atoms with van der Waals surface area (Å²) in [6.07, 6.45) is 3.98. The van der Waals surface area contributed by atoms with Gasteiger partial charge < -0.3 is 15.5 Å². The second kappa shape index (κ2) is 5.19. The first kappa shape index (κ1) is 10.5. The fourth-order valence-electron chi connectivity index (χ4n) is 1.68. The minimum Gasteiger partial charge on any atom is -0.479 e. The van der Waals surface area contributed by atoms with E-state index in [1.54, 1.807) is 0 Å². The monoisotopic (exact) mass is 187 g/mol. The Morgan fingerprint density at radius 2 is 2.08 bits per heavy atom. The molecule has 4 heteroatoms. The Hall–Kier alpha value is -0.610. The zero-order valence-electron chi connectivity index (χ0n) is 7.70. The summed E-state index contributed by atoms with van der Waals surface area (Å²) in [6, 6.07) is 0.543. The molecule has 1 fully saturated rings. The van der Waals surface area contributed by atoms with Crippen LogP contribution in [0.1, 0.15) is 32.1 Å². The van der Waals surface area contributed by atoms with Crippen molar-refractivity contribution in [2.75, 3.05) is 6.54 Å². The SMILES string of the molecule is O=C(O)C(O)CCNC1CCCC1. The summed E-state index contributed by atoms with van der Waals surface area (Å²) in [5.41, 5.74) is 0. The van der Waals surface area contributed by atoms with E-state index >= 15 is 0 Å². The molecular formula is C9H17NO3. The van der Waals surface area contributed by atoms with Crippen LogP contribution in [0.15, 0.2) is 0 Å². The van der Waals surface area contributed by atoms with E-state index in [0.717, 1.165) is 0 Å². The molecule has 0 aromatic heterocycles. The second-order valence-corrected chi connectivity index (χ2v) is 3.58. The number of aliphatic hydroxyl groups is 1. The maximum Gasteiger partial charge on any atom is 0.332 e. The molecule has 0 aliphatic heterocycles. The highest BCUT2D eigenvalue weighted by Crippen LogP contribution is 2.17. The van der Waals surface area contributed by atoms with Crippen LogP contribution in [0.2, 0.25) is 0 Å². The van der Waals surface area contributed by atoms with Crippen molar-refractivity contribution in [2.45, 2.75) is 44.2 Å². The minimum atomic E-state index is -1.21. The number of aliphatic hydroxyl groups excluding tert-OH is 1. The standard InChI is InChI=1S/C9H17NO3/c11-8(9(12)13)5-6-10-7-3-1-2-4-7/h7-8,10-11H,1-6H2,(H,12,13). The van der Waals surface area contributed by atoms with Crippen molar-refractivity contribution in [2.24, 2.45) is 0 Å². The molecule has 0 aromatic rings. The Morgan fingerprint density at radius 3 is 2.62 bits per heavy atom. The summed E-state index contributed by atoms with van der Waals surface area (Å²) >= 11 is 0. The first-order valence-electron chi connectivity index (χ1n) is 4.84. The van der Waals surface area contributed by atoms with Gasteiger partial charge in [-0.2, -0.15) is 0 Å². The van der Waals surface area contributed by atoms with Gasteiger partial charge in [-0.05, 0) is 25.8 Å². The predicted molar refractivity (Wildman–Crippen MR) is 48.5 cm³/mol. The maximum absolute atomic E-state index is 10.2. The van der Waals surface area contributed by atoms with Gasteiger partial charge in [0, 0.05) is 6.04 Å². The van der Waals surface area contributed by atoms with Gasteiger partial charge in [-0.3, -0.25) is 0 Å². The van der Waals surface area contributed by atoms with Crippen molar-refractivity contribution < 1.29 is 15.0 Å². The highest BCUT2D eigenvalue weighted by Gasteiger charge is 2.16. The lowest BCUT2D eigenvalue weighted by atomic mass is 10.2. The third-order valence-corrected chi connectivity index (χ3v) is 2.49. The zero-order chi connectivity index (χ0) is 9.68. The number of hydrogen-bond acceptors (Lipinski definition) is 3. The van der Waals surface area contributed by atoms with E-state index < -0.39 is 12.1 Å². The van der Waals surface area contributed by atoms with Crippen LogP contribution < -0.4 is 5.32 Å². The van der Waals surface area contributed by atoms with Gasteiger partial charge in [-0.15, -0.1) is 0 Å². The Kier molecular flexibility index (Phi) is 4.18. The fourth-order valence-corrected chi connectivity index (χ4v) is 1.68. The summed E-state index contributed by atoms with van der Waals surface area (Å²) in [6.45, 7) is 0.595. The molecule has 0 amide bonds. The molecule has 76 valence electrons. The highest BCUT2D eigenvalue weighted by atomic mass is 16.4. The van der Waals surface area contributed by atoms with Gasteiger partial charge in [0.05, 0.1) is 0 Å². The van der Waals surface area contributed by atoms with Gasteiger partial charge in [-0.1, -0.05) is 12.8 Å². The Morgan fingerprint density at radius 1 is 1.46 bits per heavy atom. The third-order valence-electron chi connectivity index (χ3n) is 2.49. The fraction of sp³-hybridized carbons (Fsp3) is 0.889. The molecule has 13 heavy (non-hydrogen) atoms.